The number of Topliss-reactive ketones (excluding diaryl/α,β-unsaturated/α-hetero) is 1. The molecular formula is C32H35ClN5O5+. The normalized spacial score (nSPS) is 17.1. The number of carbonyl (C=O) groups is 2. The molecule has 1 fully saturated rings. The molecule has 2 aliphatic rings. The number of hydrogen-bond donors (Lipinski definition) is 3. The Labute approximate surface area is 256 Å². The number of halogens is 1. The third-order valence-corrected chi connectivity index (χ3v) is 7.67. The van der Waals surface area contributed by atoms with E-state index in [4.69, 9.17) is 20.9 Å². The maximum Gasteiger partial charge on any atom is 0.345 e. The van der Waals surface area contributed by atoms with E-state index in [-0.39, 0.29) is 23.9 Å². The number of carbonyl (C=O) groups excluding carboxylic acids is 1. The summed E-state index contributed by atoms with van der Waals surface area (Å²) in [4.78, 5) is 33.3. The molecule has 1 unspecified atom stereocenters. The van der Waals surface area contributed by atoms with Gasteiger partial charge in [0.1, 0.15) is 17.7 Å². The number of fused-ring (bicyclic) bond motifs is 1. The Morgan fingerprint density at radius 2 is 1.91 bits per heavy atom. The van der Waals surface area contributed by atoms with Gasteiger partial charge in [0, 0.05) is 35.7 Å². The number of aliphatic carboxylic acids is 1. The highest BCUT2D eigenvalue weighted by molar-refractivity contribution is 6.26. The lowest BCUT2D eigenvalue weighted by Crippen LogP contribution is -2.50. The second-order valence-electron chi connectivity index (χ2n) is 10.7. The van der Waals surface area contributed by atoms with Gasteiger partial charge in [-0.15, -0.1) is 12.4 Å². The van der Waals surface area contributed by atoms with E-state index in [1.54, 1.807) is 38.7 Å². The lowest BCUT2D eigenvalue weighted by Gasteiger charge is -2.38. The number of methoxy groups -OCH3 is 2. The van der Waals surface area contributed by atoms with Gasteiger partial charge in [0.15, 0.2) is 17.1 Å². The number of nitrogen functional groups attached to an aromatic ring is 2. The maximum atomic E-state index is 13.2. The molecule has 1 aromatic heterocycles. The van der Waals surface area contributed by atoms with Crippen molar-refractivity contribution < 1.29 is 24.2 Å². The highest BCUT2D eigenvalue weighted by Gasteiger charge is 2.44. The number of nitrogens with zero attached hydrogens (tertiary/aromatic N) is 3. The zero-order valence-electron chi connectivity index (χ0n) is 24.3. The standard InChI is InChI=1S/C32H33N5O5.ClH/c1-4-11-37(17-20-5-6-20)18-25(31(39)40)28(38)24-10-8-19(14-26(24)37)7-9-22-12-21(15-27(41-2)29(22)42-3)13-23-16-35-32(34)36-30(23)33;/h8,10,12,14-16,18,20H,4-6,11,13,17H2,1-3H3,(H4-,33,34,35,36,39,40);1H/p+1. The number of nitrogens with two attached hydrogens (primary N) is 2. The van der Waals surface area contributed by atoms with Crippen molar-refractivity contribution in [2.24, 2.45) is 5.92 Å². The van der Waals surface area contributed by atoms with Crippen LogP contribution in [0.25, 0.3) is 0 Å². The first-order chi connectivity index (χ1) is 20.2. The Bertz CT molecular complexity index is 1670. The van der Waals surface area contributed by atoms with Crippen LogP contribution >= 0.6 is 12.4 Å². The van der Waals surface area contributed by atoms with Gasteiger partial charge in [0.25, 0.3) is 0 Å². The van der Waals surface area contributed by atoms with Crippen molar-refractivity contribution in [1.82, 2.24) is 14.5 Å². The molecule has 1 atom stereocenters. The number of hydrogen-bond acceptors (Lipinski definition) is 8. The molecule has 10 nitrogen and oxygen atoms in total. The number of ether oxygens (including phenoxy) is 2. The zero-order chi connectivity index (χ0) is 30.0. The minimum absolute atomic E-state index is 0. The molecule has 3 aromatic rings. The van der Waals surface area contributed by atoms with Gasteiger partial charge in [0.2, 0.25) is 11.7 Å². The summed E-state index contributed by atoms with van der Waals surface area (Å²) in [5.74, 6) is 6.70. The highest BCUT2D eigenvalue weighted by Crippen LogP contribution is 2.42. The number of rotatable bonds is 9. The van der Waals surface area contributed by atoms with Crippen LogP contribution in [0.3, 0.4) is 0 Å². The molecule has 43 heavy (non-hydrogen) atoms. The summed E-state index contributed by atoms with van der Waals surface area (Å²) in [6.45, 7) is 3.51. The molecule has 5 rings (SSSR count). The van der Waals surface area contributed by atoms with Crippen molar-refractivity contribution in [3.8, 4) is 23.3 Å². The number of benzene rings is 2. The molecule has 0 saturated heterocycles. The molecule has 2 heterocycles. The zero-order valence-corrected chi connectivity index (χ0v) is 25.2. The number of carboxylic acid groups (broad SMARTS) is 1. The van der Waals surface area contributed by atoms with Crippen molar-refractivity contribution in [2.75, 3.05) is 38.8 Å². The van der Waals surface area contributed by atoms with Gasteiger partial charge in [-0.25, -0.2) is 9.78 Å². The van der Waals surface area contributed by atoms with E-state index < -0.39 is 11.8 Å². The first kappa shape index (κ1) is 31.3. The minimum atomic E-state index is -1.20. The van der Waals surface area contributed by atoms with Gasteiger partial charge >= 0.3 is 5.97 Å². The van der Waals surface area contributed by atoms with Crippen molar-refractivity contribution in [3.05, 3.63) is 76.1 Å². The third kappa shape index (κ3) is 6.43. The Morgan fingerprint density at radius 1 is 1.14 bits per heavy atom. The summed E-state index contributed by atoms with van der Waals surface area (Å²) in [5, 5.41) is 9.82. The van der Waals surface area contributed by atoms with Crippen molar-refractivity contribution in [1.29, 1.82) is 0 Å². The maximum absolute atomic E-state index is 13.2. The first-order valence-electron chi connectivity index (χ1n) is 13.8. The van der Waals surface area contributed by atoms with Crippen molar-refractivity contribution >= 4 is 41.6 Å². The predicted octanol–water partition coefficient (Wildman–Crippen LogP) is 4.36. The molecule has 11 heteroatoms. The topological polar surface area (TPSA) is 151 Å². The number of anilines is 2. The predicted molar refractivity (Wildman–Crippen MR) is 167 cm³/mol. The average Bonchev–Trinajstić information content (AvgIpc) is 3.78. The lowest BCUT2D eigenvalue weighted by molar-refractivity contribution is -0.132. The molecule has 1 aliphatic carbocycles. The van der Waals surface area contributed by atoms with Gasteiger partial charge in [-0.1, -0.05) is 18.8 Å². The van der Waals surface area contributed by atoms with Crippen LogP contribution in [0, 0.1) is 17.8 Å². The Morgan fingerprint density at radius 3 is 2.53 bits per heavy atom. The van der Waals surface area contributed by atoms with Gasteiger partial charge in [-0.3, -0.25) is 9.28 Å². The summed E-state index contributed by atoms with van der Waals surface area (Å²) < 4.78 is 11.6. The minimum Gasteiger partial charge on any atom is -0.493 e. The Balaban J connectivity index is 0.00000423. The van der Waals surface area contributed by atoms with Gasteiger partial charge in [0.05, 0.1) is 38.4 Å². The SMILES string of the molecule is CCC[N+]1(CC2CC2)C=C(C(=O)O)C(=O)c2ccc(C#Cc3cc(Cc4cnc(N)nc4N)cc(OC)c3OC)cc21.Cl. The number of quaternary nitrogens is 1. The summed E-state index contributed by atoms with van der Waals surface area (Å²) in [6, 6.07) is 9.13. The fourth-order valence-electron chi connectivity index (χ4n) is 5.58. The molecule has 0 radical (unpaired) electrons. The van der Waals surface area contributed by atoms with Crippen LogP contribution in [0.15, 0.2) is 48.3 Å². The average molecular weight is 605 g/mol. The number of carboxylic acids is 1. The van der Waals surface area contributed by atoms with E-state index in [0.29, 0.717) is 62.9 Å². The quantitative estimate of drug-likeness (QED) is 0.184. The van der Waals surface area contributed by atoms with Crippen LogP contribution in [0.5, 0.6) is 11.5 Å². The molecule has 0 bridgehead atoms. The van der Waals surface area contributed by atoms with Crippen LogP contribution in [0.2, 0.25) is 0 Å². The van der Waals surface area contributed by atoms with Crippen LogP contribution < -0.4 is 25.4 Å². The Kier molecular flexibility index (Phi) is 9.28. The summed E-state index contributed by atoms with van der Waals surface area (Å²) >= 11 is 0. The third-order valence-electron chi connectivity index (χ3n) is 7.67. The second kappa shape index (κ2) is 12.7. The van der Waals surface area contributed by atoms with Crippen molar-refractivity contribution in [3.63, 3.8) is 0 Å². The smallest absolute Gasteiger partial charge is 0.345 e. The number of ketones is 1. The van der Waals surface area contributed by atoms with Crippen LogP contribution in [-0.2, 0) is 11.2 Å². The van der Waals surface area contributed by atoms with E-state index in [0.717, 1.165) is 37.1 Å². The van der Waals surface area contributed by atoms with Gasteiger partial charge in [-0.05, 0) is 49.1 Å². The molecule has 0 spiro atoms. The largest absolute Gasteiger partial charge is 0.493 e. The van der Waals surface area contributed by atoms with Crippen LogP contribution in [0.1, 0.15) is 58.8 Å². The monoisotopic (exact) mass is 604 g/mol. The fourth-order valence-corrected chi connectivity index (χ4v) is 5.58. The van der Waals surface area contributed by atoms with Gasteiger partial charge in [-0.2, -0.15) is 4.98 Å². The molecule has 224 valence electrons. The second-order valence-corrected chi connectivity index (χ2v) is 10.7. The first-order valence-corrected chi connectivity index (χ1v) is 13.8. The van der Waals surface area contributed by atoms with Crippen molar-refractivity contribution in [2.45, 2.75) is 32.6 Å². The number of aromatic nitrogens is 2. The van der Waals surface area contributed by atoms with Crippen LogP contribution in [-0.4, -0.2) is 54.1 Å². The van der Waals surface area contributed by atoms with Gasteiger partial charge < -0.3 is 26.0 Å². The molecule has 2 aromatic carbocycles. The highest BCUT2D eigenvalue weighted by atomic mass is 35.5. The Hall–Kier alpha value is -4.59. The molecule has 1 saturated carbocycles. The summed E-state index contributed by atoms with van der Waals surface area (Å²) in [5.41, 5.74) is 15.6. The van der Waals surface area contributed by atoms with E-state index >= 15 is 0 Å². The molecular weight excluding hydrogens is 570 g/mol. The molecule has 5 N–H and O–H groups in total. The fraction of sp³-hybridized carbons (Fsp3) is 0.312. The summed E-state index contributed by atoms with van der Waals surface area (Å²) in [6.07, 6.45) is 6.71. The van der Waals surface area contributed by atoms with E-state index in [9.17, 15) is 14.7 Å². The van der Waals surface area contributed by atoms with Crippen LogP contribution in [0.4, 0.5) is 17.5 Å². The van der Waals surface area contributed by atoms with E-state index in [2.05, 4.69) is 28.7 Å². The van der Waals surface area contributed by atoms with E-state index in [1.165, 1.54) is 0 Å². The lowest BCUT2D eigenvalue weighted by atomic mass is 9.93. The summed E-state index contributed by atoms with van der Waals surface area (Å²) in [7, 11) is 3.11. The molecule has 1 aliphatic heterocycles. The van der Waals surface area contributed by atoms with E-state index in [1.807, 2.05) is 18.2 Å². The molecule has 0 amide bonds.